The second-order valence-electron chi connectivity index (χ2n) is 8.35. The standard InChI is InChI=1S/C17H27NO3/c1-18-7-6-17-10-3-5-13(20)16(17)21-15-12(19)4-2-9(14(15)17)8-11(10)18/h9-16,19-20H,2-8H2,1H3/t9?,10-,11+,12?,13-,14?,15?,16-,17-/m0/s1. The van der Waals surface area contributed by atoms with Crippen LogP contribution in [0, 0.1) is 23.2 Å². The number of ether oxygens (including phenoxy) is 1. The number of likely N-dealkylation sites (tertiary alicyclic amines) is 1. The van der Waals surface area contributed by atoms with Gasteiger partial charge in [-0.3, -0.25) is 0 Å². The van der Waals surface area contributed by atoms with Gasteiger partial charge in [-0.05, 0) is 69.9 Å². The maximum Gasteiger partial charge on any atom is 0.0902 e. The summed E-state index contributed by atoms with van der Waals surface area (Å²) in [6.45, 7) is 1.12. The van der Waals surface area contributed by atoms with Gasteiger partial charge in [0.25, 0.3) is 0 Å². The molecule has 2 bridgehead atoms. The first-order valence-electron chi connectivity index (χ1n) is 8.85. The smallest absolute Gasteiger partial charge is 0.0902 e. The third-order valence-electron chi connectivity index (χ3n) is 7.81. The van der Waals surface area contributed by atoms with E-state index in [1.165, 1.54) is 6.42 Å². The van der Waals surface area contributed by atoms with Crippen molar-refractivity contribution in [2.45, 2.75) is 69.0 Å². The minimum Gasteiger partial charge on any atom is -0.390 e. The number of piperidine rings is 1. The van der Waals surface area contributed by atoms with Gasteiger partial charge in [-0.15, -0.1) is 0 Å². The average Bonchev–Trinajstić information content (AvgIpc) is 2.83. The van der Waals surface area contributed by atoms with Crippen LogP contribution >= 0.6 is 0 Å². The van der Waals surface area contributed by atoms with Gasteiger partial charge in [-0.25, -0.2) is 0 Å². The van der Waals surface area contributed by atoms with E-state index in [9.17, 15) is 10.2 Å². The lowest BCUT2D eigenvalue weighted by molar-refractivity contribution is -0.173. The van der Waals surface area contributed by atoms with Crippen LogP contribution in [0.2, 0.25) is 0 Å². The van der Waals surface area contributed by atoms with Crippen molar-refractivity contribution in [3.63, 3.8) is 0 Å². The molecule has 2 aliphatic heterocycles. The number of nitrogens with zero attached hydrogens (tertiary/aromatic N) is 1. The third-order valence-corrected chi connectivity index (χ3v) is 7.81. The molecule has 0 aromatic rings. The molecule has 4 unspecified atom stereocenters. The van der Waals surface area contributed by atoms with Crippen LogP contribution in [0.4, 0.5) is 0 Å². The van der Waals surface area contributed by atoms with Crippen LogP contribution < -0.4 is 0 Å². The van der Waals surface area contributed by atoms with Crippen LogP contribution in [0.3, 0.4) is 0 Å². The van der Waals surface area contributed by atoms with Gasteiger partial charge in [-0.1, -0.05) is 0 Å². The molecule has 9 atom stereocenters. The second kappa shape index (κ2) is 4.22. The van der Waals surface area contributed by atoms with Crippen molar-refractivity contribution in [2.75, 3.05) is 13.6 Å². The Hall–Kier alpha value is -0.160. The molecule has 0 amide bonds. The number of aliphatic hydroxyl groups is 2. The fraction of sp³-hybridized carbons (Fsp3) is 1.00. The van der Waals surface area contributed by atoms with Crippen LogP contribution in [0.15, 0.2) is 0 Å². The number of hydrogen-bond acceptors (Lipinski definition) is 4. The van der Waals surface area contributed by atoms with Gasteiger partial charge in [0.1, 0.15) is 0 Å². The Morgan fingerprint density at radius 1 is 1.10 bits per heavy atom. The number of aliphatic hydroxyl groups excluding tert-OH is 2. The molecule has 3 saturated carbocycles. The summed E-state index contributed by atoms with van der Waals surface area (Å²) < 4.78 is 6.37. The van der Waals surface area contributed by atoms with E-state index in [2.05, 4.69) is 11.9 Å². The van der Waals surface area contributed by atoms with Crippen molar-refractivity contribution >= 4 is 0 Å². The Morgan fingerprint density at radius 2 is 1.90 bits per heavy atom. The highest BCUT2D eigenvalue weighted by Gasteiger charge is 2.71. The van der Waals surface area contributed by atoms with Gasteiger partial charge in [0, 0.05) is 11.5 Å². The quantitative estimate of drug-likeness (QED) is 0.700. The average molecular weight is 293 g/mol. The molecule has 4 nitrogen and oxygen atoms in total. The Bertz CT molecular complexity index is 457. The molecule has 4 heteroatoms. The van der Waals surface area contributed by atoms with E-state index in [-0.39, 0.29) is 29.8 Å². The molecule has 5 fully saturated rings. The minimum absolute atomic E-state index is 0.00615. The van der Waals surface area contributed by atoms with Crippen molar-refractivity contribution in [1.29, 1.82) is 0 Å². The molecular formula is C17H27NO3. The topological polar surface area (TPSA) is 52.9 Å². The highest BCUT2D eigenvalue weighted by Crippen LogP contribution is 2.67. The summed E-state index contributed by atoms with van der Waals surface area (Å²) in [6.07, 6.45) is 5.83. The maximum absolute atomic E-state index is 10.6. The molecular weight excluding hydrogens is 266 g/mol. The third kappa shape index (κ3) is 1.46. The normalized spacial score (nSPS) is 62.4. The molecule has 0 aromatic heterocycles. The summed E-state index contributed by atoms with van der Waals surface area (Å²) in [5, 5.41) is 21.1. The molecule has 3 aliphatic carbocycles. The molecule has 5 rings (SSSR count). The minimum atomic E-state index is -0.318. The van der Waals surface area contributed by atoms with Gasteiger partial charge in [-0.2, -0.15) is 0 Å². The number of hydrogen-bond donors (Lipinski definition) is 2. The monoisotopic (exact) mass is 293 g/mol. The van der Waals surface area contributed by atoms with Crippen molar-refractivity contribution in [2.24, 2.45) is 23.2 Å². The second-order valence-corrected chi connectivity index (χ2v) is 8.35. The molecule has 0 radical (unpaired) electrons. The van der Waals surface area contributed by atoms with Gasteiger partial charge in [0.05, 0.1) is 24.4 Å². The molecule has 2 N–H and O–H groups in total. The van der Waals surface area contributed by atoms with Gasteiger partial charge in [0.15, 0.2) is 0 Å². The molecule has 1 spiro atoms. The van der Waals surface area contributed by atoms with E-state index >= 15 is 0 Å². The summed E-state index contributed by atoms with van der Waals surface area (Å²) in [4.78, 5) is 2.57. The van der Waals surface area contributed by atoms with Gasteiger partial charge in [0.2, 0.25) is 0 Å². The first-order chi connectivity index (χ1) is 10.1. The molecule has 0 aromatic carbocycles. The highest BCUT2D eigenvalue weighted by molar-refractivity contribution is 5.20. The van der Waals surface area contributed by atoms with Crippen LogP contribution in [-0.4, -0.2) is 59.2 Å². The van der Waals surface area contributed by atoms with Crippen LogP contribution in [0.5, 0.6) is 0 Å². The molecule has 21 heavy (non-hydrogen) atoms. The van der Waals surface area contributed by atoms with Crippen LogP contribution in [0.25, 0.3) is 0 Å². The Kier molecular flexibility index (Phi) is 2.67. The first-order valence-corrected chi connectivity index (χ1v) is 8.85. The molecule has 2 saturated heterocycles. The van der Waals surface area contributed by atoms with E-state index in [4.69, 9.17) is 4.74 Å². The first kappa shape index (κ1) is 13.3. The SMILES string of the molecule is CN1CC[C@]23C4C5CCC(O)C4O[C@H]2[C@@H](O)CC[C@H]3[C@H]1C5. The van der Waals surface area contributed by atoms with Crippen LogP contribution in [0.1, 0.15) is 38.5 Å². The van der Waals surface area contributed by atoms with Gasteiger partial charge < -0.3 is 19.8 Å². The zero-order chi connectivity index (χ0) is 14.4. The fourth-order valence-corrected chi connectivity index (χ4v) is 7.13. The van der Waals surface area contributed by atoms with Crippen LogP contribution in [-0.2, 0) is 4.74 Å². The zero-order valence-electron chi connectivity index (χ0n) is 12.8. The van der Waals surface area contributed by atoms with E-state index in [0.717, 1.165) is 38.6 Å². The largest absolute Gasteiger partial charge is 0.390 e. The Labute approximate surface area is 126 Å². The maximum atomic E-state index is 10.6. The Balaban J connectivity index is 1.65. The number of rotatable bonds is 0. The lowest BCUT2D eigenvalue weighted by atomic mass is 9.45. The summed E-state index contributed by atoms with van der Waals surface area (Å²) in [6, 6.07) is 0.674. The van der Waals surface area contributed by atoms with Crippen molar-refractivity contribution in [1.82, 2.24) is 4.90 Å². The van der Waals surface area contributed by atoms with E-state index in [1.807, 2.05) is 0 Å². The van der Waals surface area contributed by atoms with Crippen molar-refractivity contribution in [3.8, 4) is 0 Å². The zero-order valence-corrected chi connectivity index (χ0v) is 12.8. The summed E-state index contributed by atoms with van der Waals surface area (Å²) >= 11 is 0. The summed E-state index contributed by atoms with van der Waals surface area (Å²) in [7, 11) is 2.28. The fourth-order valence-electron chi connectivity index (χ4n) is 7.13. The summed E-state index contributed by atoms with van der Waals surface area (Å²) in [5.41, 5.74) is 0.157. The lowest BCUT2D eigenvalue weighted by Crippen LogP contribution is -2.67. The van der Waals surface area contributed by atoms with Crippen molar-refractivity contribution in [3.05, 3.63) is 0 Å². The molecule has 118 valence electrons. The van der Waals surface area contributed by atoms with Gasteiger partial charge >= 0.3 is 0 Å². The van der Waals surface area contributed by atoms with Crippen molar-refractivity contribution < 1.29 is 14.9 Å². The lowest BCUT2D eigenvalue weighted by Gasteiger charge is -2.63. The highest BCUT2D eigenvalue weighted by atomic mass is 16.5. The summed E-state index contributed by atoms with van der Waals surface area (Å²) in [5.74, 6) is 1.86. The Morgan fingerprint density at radius 3 is 2.76 bits per heavy atom. The predicted octanol–water partition coefficient (Wildman–Crippen LogP) is 1.01. The van der Waals surface area contributed by atoms with E-state index < -0.39 is 0 Å². The van der Waals surface area contributed by atoms with E-state index in [1.54, 1.807) is 0 Å². The predicted molar refractivity (Wildman–Crippen MR) is 77.7 cm³/mol. The molecule has 5 aliphatic rings. The van der Waals surface area contributed by atoms with E-state index in [0.29, 0.717) is 23.8 Å². The molecule has 2 heterocycles.